The van der Waals surface area contributed by atoms with Crippen LogP contribution in [0.3, 0.4) is 0 Å². The highest BCUT2D eigenvalue weighted by molar-refractivity contribution is 7.14. The molecule has 0 radical (unpaired) electrons. The minimum absolute atomic E-state index is 0. The lowest BCUT2D eigenvalue weighted by molar-refractivity contribution is -0.385. The number of hydrogen-bond donors (Lipinski definition) is 2. The van der Waals surface area contributed by atoms with E-state index in [2.05, 4.69) is 16.7 Å². The fraction of sp³-hybridized carbons (Fsp3) is 0.417. The van der Waals surface area contributed by atoms with E-state index in [0.717, 1.165) is 30.8 Å². The summed E-state index contributed by atoms with van der Waals surface area (Å²) in [4.78, 5) is 23.1. The van der Waals surface area contributed by atoms with Crippen molar-refractivity contribution in [2.24, 2.45) is 0 Å². The summed E-state index contributed by atoms with van der Waals surface area (Å²) in [5, 5.41) is 16.7. The molecular formula is C12H16ClN3O3S. The fourth-order valence-corrected chi connectivity index (χ4v) is 2.78. The van der Waals surface area contributed by atoms with Crippen LogP contribution in [-0.2, 0) is 0 Å². The number of nitrogens with one attached hydrogen (secondary N) is 2. The molecule has 20 heavy (non-hydrogen) atoms. The Morgan fingerprint density at radius 2 is 2.35 bits per heavy atom. The molecule has 1 aliphatic rings. The van der Waals surface area contributed by atoms with E-state index in [1.165, 1.54) is 11.6 Å². The predicted molar refractivity (Wildman–Crippen MR) is 80.9 cm³/mol. The van der Waals surface area contributed by atoms with Crippen LogP contribution in [0.2, 0.25) is 0 Å². The molecule has 0 saturated heterocycles. The number of carbonyl (C=O) groups is 1. The molecule has 0 aliphatic carbocycles. The fourth-order valence-electron chi connectivity index (χ4n) is 1.88. The van der Waals surface area contributed by atoms with Crippen molar-refractivity contribution in [1.82, 2.24) is 10.6 Å². The van der Waals surface area contributed by atoms with E-state index in [1.807, 2.05) is 0 Å². The maximum atomic E-state index is 11.9. The molecule has 2 rings (SSSR count). The van der Waals surface area contributed by atoms with Gasteiger partial charge in [-0.3, -0.25) is 14.9 Å². The van der Waals surface area contributed by atoms with E-state index in [1.54, 1.807) is 6.92 Å². The molecule has 1 aromatic rings. The van der Waals surface area contributed by atoms with Crippen molar-refractivity contribution < 1.29 is 9.72 Å². The molecule has 1 aromatic heterocycles. The maximum absolute atomic E-state index is 11.9. The van der Waals surface area contributed by atoms with Gasteiger partial charge in [0.2, 0.25) is 0 Å². The van der Waals surface area contributed by atoms with Crippen molar-refractivity contribution in [2.75, 3.05) is 19.6 Å². The normalized spacial score (nSPS) is 14.2. The second-order valence-electron chi connectivity index (χ2n) is 4.31. The third-order valence-electron chi connectivity index (χ3n) is 2.95. The highest BCUT2D eigenvalue weighted by Gasteiger charge is 2.19. The smallest absolute Gasteiger partial charge is 0.283 e. The number of carbonyl (C=O) groups excluding carboxylic acids is 1. The van der Waals surface area contributed by atoms with Crippen molar-refractivity contribution >= 4 is 35.3 Å². The zero-order valence-electron chi connectivity index (χ0n) is 11.0. The predicted octanol–water partition coefficient (Wildman–Crippen LogP) is 2.04. The average molecular weight is 318 g/mol. The van der Waals surface area contributed by atoms with Crippen LogP contribution in [0.15, 0.2) is 17.7 Å². The summed E-state index contributed by atoms with van der Waals surface area (Å²) in [6.45, 7) is 3.90. The number of thiophene rings is 1. The number of halogens is 1. The lowest BCUT2D eigenvalue weighted by atomic mass is 10.1. The maximum Gasteiger partial charge on any atom is 0.283 e. The average Bonchev–Trinajstić information content (AvgIpc) is 2.79. The molecule has 0 fully saturated rings. The number of hydrogen-bond acceptors (Lipinski definition) is 5. The molecule has 1 amide bonds. The van der Waals surface area contributed by atoms with E-state index in [0.29, 0.717) is 16.3 Å². The Kier molecular flexibility index (Phi) is 6.12. The second kappa shape index (κ2) is 7.37. The lowest BCUT2D eigenvalue weighted by Gasteiger charge is -2.14. The van der Waals surface area contributed by atoms with Crippen LogP contribution in [-0.4, -0.2) is 30.5 Å². The Hall–Kier alpha value is -1.44. The first kappa shape index (κ1) is 16.6. The van der Waals surface area contributed by atoms with Crippen LogP contribution in [0.4, 0.5) is 5.69 Å². The van der Waals surface area contributed by atoms with Gasteiger partial charge in [0.05, 0.1) is 14.7 Å². The van der Waals surface area contributed by atoms with Gasteiger partial charge in [0.1, 0.15) is 0 Å². The van der Waals surface area contributed by atoms with Crippen LogP contribution in [0.1, 0.15) is 21.0 Å². The number of nitrogens with zero attached hydrogens (tertiary/aromatic N) is 1. The minimum atomic E-state index is -0.460. The Balaban J connectivity index is 0.00000200. The topological polar surface area (TPSA) is 84.3 Å². The van der Waals surface area contributed by atoms with Gasteiger partial charge in [-0.05, 0) is 19.9 Å². The van der Waals surface area contributed by atoms with Crippen LogP contribution < -0.4 is 10.6 Å². The van der Waals surface area contributed by atoms with Crippen LogP contribution in [0, 0.1) is 17.0 Å². The Morgan fingerprint density at radius 1 is 1.60 bits per heavy atom. The standard InChI is InChI=1S/C12H15N3O3S.ClH/c1-8-10(15(17)18)6-11(19-8)12(16)14-7-9-2-4-13-5-3-9;/h2,6,13H,3-5,7H2,1H3,(H,14,16);1H. The van der Waals surface area contributed by atoms with Gasteiger partial charge in [-0.1, -0.05) is 11.6 Å². The van der Waals surface area contributed by atoms with Gasteiger partial charge in [-0.2, -0.15) is 0 Å². The molecule has 0 unspecified atom stereocenters. The minimum Gasteiger partial charge on any atom is -0.348 e. The van der Waals surface area contributed by atoms with E-state index in [9.17, 15) is 14.9 Å². The largest absolute Gasteiger partial charge is 0.348 e. The first-order chi connectivity index (χ1) is 9.08. The van der Waals surface area contributed by atoms with Crippen molar-refractivity contribution in [2.45, 2.75) is 13.3 Å². The number of aryl methyl sites for hydroxylation is 1. The Bertz CT molecular complexity index is 542. The molecule has 2 N–H and O–H groups in total. The quantitative estimate of drug-likeness (QED) is 0.505. The molecule has 8 heteroatoms. The van der Waals surface area contributed by atoms with E-state index in [4.69, 9.17) is 0 Å². The van der Waals surface area contributed by atoms with Crippen LogP contribution in [0.5, 0.6) is 0 Å². The Morgan fingerprint density at radius 3 is 2.90 bits per heavy atom. The molecular weight excluding hydrogens is 302 g/mol. The molecule has 0 bridgehead atoms. The van der Waals surface area contributed by atoms with Crippen molar-refractivity contribution in [3.05, 3.63) is 37.6 Å². The molecule has 0 saturated carbocycles. The number of amides is 1. The summed E-state index contributed by atoms with van der Waals surface area (Å²) in [6.07, 6.45) is 2.98. The van der Waals surface area contributed by atoms with Crippen molar-refractivity contribution in [3.63, 3.8) is 0 Å². The monoisotopic (exact) mass is 317 g/mol. The van der Waals surface area contributed by atoms with Gasteiger partial charge in [0.15, 0.2) is 0 Å². The van der Waals surface area contributed by atoms with Gasteiger partial charge in [0.25, 0.3) is 11.6 Å². The highest BCUT2D eigenvalue weighted by atomic mass is 35.5. The molecule has 0 atom stereocenters. The number of rotatable bonds is 4. The van der Waals surface area contributed by atoms with Gasteiger partial charge in [-0.25, -0.2) is 0 Å². The molecule has 2 heterocycles. The molecule has 0 aromatic carbocycles. The highest BCUT2D eigenvalue weighted by Crippen LogP contribution is 2.27. The van der Waals surface area contributed by atoms with E-state index in [-0.39, 0.29) is 24.0 Å². The summed E-state index contributed by atoms with van der Waals surface area (Å²) in [5.74, 6) is -0.249. The van der Waals surface area contributed by atoms with Gasteiger partial charge >= 0.3 is 0 Å². The van der Waals surface area contributed by atoms with E-state index < -0.39 is 4.92 Å². The third kappa shape index (κ3) is 4.03. The van der Waals surface area contributed by atoms with Crippen molar-refractivity contribution in [1.29, 1.82) is 0 Å². The summed E-state index contributed by atoms with van der Waals surface area (Å²) in [6, 6.07) is 1.34. The first-order valence-corrected chi connectivity index (χ1v) is 6.81. The summed E-state index contributed by atoms with van der Waals surface area (Å²) >= 11 is 1.15. The zero-order valence-corrected chi connectivity index (χ0v) is 12.6. The molecule has 0 spiro atoms. The van der Waals surface area contributed by atoms with Gasteiger partial charge < -0.3 is 10.6 Å². The zero-order chi connectivity index (χ0) is 13.8. The molecule has 110 valence electrons. The summed E-state index contributed by atoms with van der Waals surface area (Å²) in [5.41, 5.74) is 1.20. The van der Waals surface area contributed by atoms with Crippen molar-refractivity contribution in [3.8, 4) is 0 Å². The van der Waals surface area contributed by atoms with Crippen LogP contribution >= 0.6 is 23.7 Å². The third-order valence-corrected chi connectivity index (χ3v) is 3.98. The second-order valence-corrected chi connectivity index (χ2v) is 5.56. The van der Waals surface area contributed by atoms with Crippen LogP contribution in [0.25, 0.3) is 0 Å². The molecule has 6 nitrogen and oxygen atoms in total. The summed E-state index contributed by atoms with van der Waals surface area (Å²) in [7, 11) is 0. The van der Waals surface area contributed by atoms with E-state index >= 15 is 0 Å². The lowest BCUT2D eigenvalue weighted by Crippen LogP contribution is -2.29. The van der Waals surface area contributed by atoms with Gasteiger partial charge in [-0.15, -0.1) is 23.7 Å². The number of nitro groups is 1. The van der Waals surface area contributed by atoms with Gasteiger partial charge in [0, 0.05) is 19.2 Å². The summed E-state index contributed by atoms with van der Waals surface area (Å²) < 4.78 is 0. The first-order valence-electron chi connectivity index (χ1n) is 5.99. The SMILES string of the molecule is Cc1sc(C(=O)NCC2=CCNCC2)cc1[N+](=O)[O-].Cl. The molecule has 1 aliphatic heterocycles. The Labute approximate surface area is 126 Å².